The highest BCUT2D eigenvalue weighted by atomic mass is 19.3. The molecular weight excluding hydrogens is 208 g/mol. The Hall–Kier alpha value is -0.960. The maximum Gasteiger partial charge on any atom is 0.262 e. The largest absolute Gasteiger partial charge is 0.317 e. The standard InChI is InChI=1S/C13H15F2N/c14-13(15)11(10-4-2-1-3-5-10)12(13)6-8-16-9-7-12/h1-5,11,16H,6-9H2/t11-/m1/s1. The summed E-state index contributed by atoms with van der Waals surface area (Å²) in [6, 6.07) is 9.22. The molecule has 1 saturated heterocycles. The smallest absolute Gasteiger partial charge is 0.262 e. The zero-order valence-electron chi connectivity index (χ0n) is 9.05. The van der Waals surface area contributed by atoms with Gasteiger partial charge in [-0.2, -0.15) is 0 Å². The van der Waals surface area contributed by atoms with E-state index in [-0.39, 0.29) is 0 Å². The predicted molar refractivity (Wildman–Crippen MR) is 58.7 cm³/mol. The van der Waals surface area contributed by atoms with Crippen LogP contribution in [0.1, 0.15) is 24.3 Å². The molecule has 3 heteroatoms. The molecule has 2 fully saturated rings. The van der Waals surface area contributed by atoms with E-state index in [2.05, 4.69) is 5.32 Å². The molecule has 1 N–H and O–H groups in total. The van der Waals surface area contributed by atoms with Crippen molar-refractivity contribution in [2.75, 3.05) is 13.1 Å². The summed E-state index contributed by atoms with van der Waals surface area (Å²) < 4.78 is 28.0. The summed E-state index contributed by atoms with van der Waals surface area (Å²) in [5.41, 5.74) is 0.0500. The van der Waals surface area contributed by atoms with E-state index in [9.17, 15) is 8.78 Å². The fourth-order valence-corrected chi connectivity index (χ4v) is 3.18. The van der Waals surface area contributed by atoms with Crippen LogP contribution >= 0.6 is 0 Å². The molecule has 0 bridgehead atoms. The second-order valence-corrected chi connectivity index (χ2v) is 4.87. The van der Waals surface area contributed by atoms with Crippen LogP contribution in [0.4, 0.5) is 8.78 Å². The van der Waals surface area contributed by atoms with Crippen LogP contribution in [-0.4, -0.2) is 19.0 Å². The number of rotatable bonds is 1. The van der Waals surface area contributed by atoms with Gasteiger partial charge in [0, 0.05) is 5.41 Å². The van der Waals surface area contributed by atoms with Crippen molar-refractivity contribution in [2.24, 2.45) is 5.41 Å². The summed E-state index contributed by atoms with van der Waals surface area (Å²) in [4.78, 5) is 0. The fourth-order valence-electron chi connectivity index (χ4n) is 3.18. The van der Waals surface area contributed by atoms with Crippen molar-refractivity contribution in [3.8, 4) is 0 Å². The molecule has 1 aliphatic carbocycles. The molecule has 86 valence electrons. The molecule has 1 aromatic carbocycles. The monoisotopic (exact) mass is 223 g/mol. The minimum atomic E-state index is -2.50. The zero-order valence-corrected chi connectivity index (χ0v) is 9.05. The number of hydrogen-bond donors (Lipinski definition) is 1. The molecule has 1 aliphatic heterocycles. The van der Waals surface area contributed by atoms with Crippen molar-refractivity contribution < 1.29 is 8.78 Å². The molecule has 0 unspecified atom stereocenters. The molecule has 2 aliphatic rings. The van der Waals surface area contributed by atoms with Gasteiger partial charge < -0.3 is 5.32 Å². The Balaban J connectivity index is 1.93. The van der Waals surface area contributed by atoms with E-state index < -0.39 is 17.3 Å². The Bertz CT molecular complexity index is 382. The first-order valence-corrected chi connectivity index (χ1v) is 5.82. The van der Waals surface area contributed by atoms with Gasteiger partial charge in [-0.1, -0.05) is 30.3 Å². The van der Waals surface area contributed by atoms with Crippen molar-refractivity contribution in [1.29, 1.82) is 0 Å². The lowest BCUT2D eigenvalue weighted by atomic mass is 9.89. The van der Waals surface area contributed by atoms with Gasteiger partial charge in [0.1, 0.15) is 0 Å². The van der Waals surface area contributed by atoms with Gasteiger partial charge in [0.05, 0.1) is 5.92 Å². The van der Waals surface area contributed by atoms with Crippen molar-refractivity contribution in [2.45, 2.75) is 24.7 Å². The summed E-state index contributed by atoms with van der Waals surface area (Å²) >= 11 is 0. The van der Waals surface area contributed by atoms with Crippen LogP contribution < -0.4 is 5.32 Å². The summed E-state index contributed by atoms with van der Waals surface area (Å²) in [7, 11) is 0. The van der Waals surface area contributed by atoms with Gasteiger partial charge in [0.15, 0.2) is 0 Å². The lowest BCUT2D eigenvalue weighted by molar-refractivity contribution is 0.0493. The number of alkyl halides is 2. The molecule has 16 heavy (non-hydrogen) atoms. The first kappa shape index (κ1) is 10.2. The Morgan fingerprint density at radius 1 is 1.06 bits per heavy atom. The Labute approximate surface area is 93.9 Å². The summed E-state index contributed by atoms with van der Waals surface area (Å²) in [6.07, 6.45) is 1.19. The second-order valence-electron chi connectivity index (χ2n) is 4.87. The second kappa shape index (κ2) is 3.27. The minimum Gasteiger partial charge on any atom is -0.317 e. The Morgan fingerprint density at radius 3 is 2.31 bits per heavy atom. The van der Waals surface area contributed by atoms with Gasteiger partial charge in [0.25, 0.3) is 5.92 Å². The van der Waals surface area contributed by atoms with E-state index in [1.54, 1.807) is 0 Å². The van der Waals surface area contributed by atoms with E-state index >= 15 is 0 Å². The molecule has 0 amide bonds. The fraction of sp³-hybridized carbons (Fsp3) is 0.538. The van der Waals surface area contributed by atoms with Crippen molar-refractivity contribution in [3.63, 3.8) is 0 Å². The third-order valence-electron chi connectivity index (χ3n) is 4.12. The average molecular weight is 223 g/mol. The average Bonchev–Trinajstić information content (AvgIpc) is 2.76. The summed E-state index contributed by atoms with van der Waals surface area (Å²) in [5.74, 6) is -3.06. The molecule has 0 radical (unpaired) electrons. The molecule has 1 saturated carbocycles. The van der Waals surface area contributed by atoms with Crippen LogP contribution in [0.2, 0.25) is 0 Å². The van der Waals surface area contributed by atoms with Crippen LogP contribution in [-0.2, 0) is 0 Å². The van der Waals surface area contributed by atoms with Gasteiger partial charge in [-0.3, -0.25) is 0 Å². The normalized spacial score (nSPS) is 30.2. The highest BCUT2D eigenvalue weighted by molar-refractivity contribution is 5.38. The van der Waals surface area contributed by atoms with Gasteiger partial charge in [-0.25, -0.2) is 8.78 Å². The highest BCUT2D eigenvalue weighted by Crippen LogP contribution is 2.74. The van der Waals surface area contributed by atoms with Gasteiger partial charge in [-0.05, 0) is 31.5 Å². The van der Waals surface area contributed by atoms with Crippen LogP contribution in [0, 0.1) is 5.41 Å². The lowest BCUT2D eigenvalue weighted by Crippen LogP contribution is -2.32. The van der Waals surface area contributed by atoms with Crippen LogP contribution in [0.25, 0.3) is 0 Å². The van der Waals surface area contributed by atoms with E-state index in [1.807, 2.05) is 30.3 Å². The summed E-state index contributed by atoms with van der Waals surface area (Å²) in [5, 5.41) is 3.16. The Kier molecular flexibility index (Phi) is 2.08. The number of halogens is 2. The first-order chi connectivity index (χ1) is 7.68. The predicted octanol–water partition coefficient (Wildman–Crippen LogP) is 2.79. The zero-order chi connectivity index (χ0) is 11.2. The maximum absolute atomic E-state index is 14.0. The maximum atomic E-state index is 14.0. The molecule has 1 heterocycles. The number of benzene rings is 1. The molecule has 1 atom stereocenters. The number of nitrogens with one attached hydrogen (secondary N) is 1. The quantitative estimate of drug-likeness (QED) is 0.772. The molecule has 1 aromatic rings. The molecular formula is C13H15F2N. The van der Waals surface area contributed by atoms with E-state index in [0.29, 0.717) is 12.8 Å². The van der Waals surface area contributed by atoms with E-state index in [0.717, 1.165) is 18.7 Å². The SMILES string of the molecule is FC1(F)[C@H](c2ccccc2)C12CCNCC2. The van der Waals surface area contributed by atoms with E-state index in [1.165, 1.54) is 0 Å². The van der Waals surface area contributed by atoms with Gasteiger partial charge in [0.2, 0.25) is 0 Å². The van der Waals surface area contributed by atoms with Crippen LogP contribution in [0.5, 0.6) is 0 Å². The lowest BCUT2D eigenvalue weighted by Gasteiger charge is -2.22. The number of hydrogen-bond acceptors (Lipinski definition) is 1. The van der Waals surface area contributed by atoms with Crippen molar-refractivity contribution >= 4 is 0 Å². The van der Waals surface area contributed by atoms with Crippen LogP contribution in [0.15, 0.2) is 30.3 Å². The highest BCUT2D eigenvalue weighted by Gasteiger charge is 2.79. The molecule has 1 spiro atoms. The van der Waals surface area contributed by atoms with Gasteiger partial charge in [-0.15, -0.1) is 0 Å². The topological polar surface area (TPSA) is 12.0 Å². The molecule has 0 aromatic heterocycles. The third-order valence-corrected chi connectivity index (χ3v) is 4.12. The minimum absolute atomic E-state index is 0.553. The molecule has 1 nitrogen and oxygen atoms in total. The Morgan fingerprint density at radius 2 is 1.69 bits per heavy atom. The third kappa shape index (κ3) is 1.18. The van der Waals surface area contributed by atoms with E-state index in [4.69, 9.17) is 0 Å². The summed E-state index contributed by atoms with van der Waals surface area (Å²) in [6.45, 7) is 1.44. The van der Waals surface area contributed by atoms with Crippen LogP contribution in [0.3, 0.4) is 0 Å². The van der Waals surface area contributed by atoms with Crippen molar-refractivity contribution in [3.05, 3.63) is 35.9 Å². The number of piperidine rings is 1. The van der Waals surface area contributed by atoms with Crippen molar-refractivity contribution in [1.82, 2.24) is 5.32 Å². The molecule has 3 rings (SSSR count). The first-order valence-electron chi connectivity index (χ1n) is 5.82. The van der Waals surface area contributed by atoms with Gasteiger partial charge >= 0.3 is 0 Å².